The van der Waals surface area contributed by atoms with Crippen molar-refractivity contribution in [3.05, 3.63) is 63.2 Å². The van der Waals surface area contributed by atoms with E-state index < -0.39 is 0 Å². The average molecular weight is 510 g/mol. The minimum absolute atomic E-state index is 0.227. The number of hydrogen-bond acceptors (Lipinski definition) is 4. The fourth-order valence-corrected chi connectivity index (χ4v) is 5.13. The van der Waals surface area contributed by atoms with E-state index in [9.17, 15) is 4.79 Å². The van der Waals surface area contributed by atoms with Gasteiger partial charge in [0.25, 0.3) is 5.91 Å². The summed E-state index contributed by atoms with van der Waals surface area (Å²) < 4.78 is 1.94. The van der Waals surface area contributed by atoms with Gasteiger partial charge in [-0.3, -0.25) is 14.8 Å². The van der Waals surface area contributed by atoms with Crippen molar-refractivity contribution >= 4 is 52.5 Å². The van der Waals surface area contributed by atoms with E-state index >= 15 is 0 Å². The SMILES string of the molecule is CSc1c(C(=O)NN2CCCCCC2)nc(-c2ccc(Cl)cc2Cl)n1-c1ccc(Cl)cc1. The van der Waals surface area contributed by atoms with Crippen LogP contribution in [0, 0.1) is 0 Å². The summed E-state index contributed by atoms with van der Waals surface area (Å²) in [5.74, 6) is 0.342. The monoisotopic (exact) mass is 508 g/mol. The highest BCUT2D eigenvalue weighted by Crippen LogP contribution is 2.36. The van der Waals surface area contributed by atoms with Gasteiger partial charge in [-0.15, -0.1) is 11.8 Å². The Kier molecular flexibility index (Phi) is 7.69. The number of hydrogen-bond donors (Lipinski definition) is 1. The van der Waals surface area contributed by atoms with Crippen LogP contribution in [0.15, 0.2) is 47.5 Å². The van der Waals surface area contributed by atoms with E-state index in [1.54, 1.807) is 12.1 Å². The van der Waals surface area contributed by atoms with E-state index in [-0.39, 0.29) is 5.91 Å². The second-order valence-electron chi connectivity index (χ2n) is 7.57. The lowest BCUT2D eigenvalue weighted by atomic mass is 10.2. The second-order valence-corrected chi connectivity index (χ2v) is 9.65. The lowest BCUT2D eigenvalue weighted by Crippen LogP contribution is -2.43. The van der Waals surface area contributed by atoms with Crippen LogP contribution in [0.4, 0.5) is 0 Å². The maximum absolute atomic E-state index is 13.3. The molecule has 5 nitrogen and oxygen atoms in total. The number of aromatic nitrogens is 2. The number of carbonyl (C=O) groups excluding carboxylic acids is 1. The fourth-order valence-electron chi connectivity index (χ4n) is 3.80. The molecule has 0 atom stereocenters. The van der Waals surface area contributed by atoms with Crippen LogP contribution in [0.2, 0.25) is 15.1 Å². The van der Waals surface area contributed by atoms with Gasteiger partial charge in [0.15, 0.2) is 5.69 Å². The van der Waals surface area contributed by atoms with Crippen LogP contribution in [0.3, 0.4) is 0 Å². The van der Waals surface area contributed by atoms with Crippen molar-refractivity contribution in [3.8, 4) is 17.1 Å². The Morgan fingerprint density at radius 3 is 2.25 bits per heavy atom. The molecule has 32 heavy (non-hydrogen) atoms. The van der Waals surface area contributed by atoms with Gasteiger partial charge >= 0.3 is 0 Å². The van der Waals surface area contributed by atoms with Crippen molar-refractivity contribution < 1.29 is 4.79 Å². The van der Waals surface area contributed by atoms with Crippen LogP contribution in [0.5, 0.6) is 0 Å². The lowest BCUT2D eigenvalue weighted by Gasteiger charge is -2.20. The van der Waals surface area contributed by atoms with Gasteiger partial charge in [-0.25, -0.2) is 9.99 Å². The zero-order valence-corrected chi connectivity index (χ0v) is 20.7. The van der Waals surface area contributed by atoms with E-state index in [1.807, 2.05) is 46.2 Å². The van der Waals surface area contributed by atoms with E-state index in [4.69, 9.17) is 39.8 Å². The Morgan fingerprint density at radius 1 is 0.969 bits per heavy atom. The molecule has 1 aliphatic rings. The molecule has 168 valence electrons. The largest absolute Gasteiger partial charge is 0.287 e. The second kappa shape index (κ2) is 10.5. The van der Waals surface area contributed by atoms with Crippen molar-refractivity contribution in [2.45, 2.75) is 30.7 Å². The summed E-state index contributed by atoms with van der Waals surface area (Å²) in [6.07, 6.45) is 6.44. The molecule has 0 saturated carbocycles. The zero-order valence-electron chi connectivity index (χ0n) is 17.6. The molecule has 3 aromatic rings. The molecular formula is C23H23Cl3N4OS. The molecule has 0 unspecified atom stereocenters. The topological polar surface area (TPSA) is 50.2 Å². The number of halogens is 3. The molecule has 2 heterocycles. The number of thioether (sulfide) groups is 1. The molecule has 1 fully saturated rings. The third-order valence-electron chi connectivity index (χ3n) is 5.37. The quantitative estimate of drug-likeness (QED) is 0.387. The van der Waals surface area contributed by atoms with Crippen molar-refractivity contribution in [1.82, 2.24) is 20.0 Å². The first-order valence-electron chi connectivity index (χ1n) is 10.4. The summed E-state index contributed by atoms with van der Waals surface area (Å²) in [4.78, 5) is 18.1. The molecule has 1 aliphatic heterocycles. The number of hydrazine groups is 1. The third kappa shape index (κ3) is 5.10. The first kappa shape index (κ1) is 23.5. The number of rotatable bonds is 5. The molecule has 0 spiro atoms. The van der Waals surface area contributed by atoms with Gasteiger partial charge in [0.1, 0.15) is 10.9 Å². The van der Waals surface area contributed by atoms with Crippen LogP contribution in [-0.2, 0) is 0 Å². The summed E-state index contributed by atoms with van der Waals surface area (Å²) in [5.41, 5.74) is 4.94. The minimum atomic E-state index is -0.227. The van der Waals surface area contributed by atoms with Gasteiger partial charge in [-0.2, -0.15) is 0 Å². The smallest absolute Gasteiger partial charge is 0.286 e. The highest BCUT2D eigenvalue weighted by molar-refractivity contribution is 7.98. The Morgan fingerprint density at radius 2 is 1.62 bits per heavy atom. The van der Waals surface area contributed by atoms with E-state index in [1.165, 1.54) is 24.6 Å². The highest BCUT2D eigenvalue weighted by atomic mass is 35.5. The van der Waals surface area contributed by atoms with Crippen molar-refractivity contribution in [2.24, 2.45) is 0 Å². The van der Waals surface area contributed by atoms with Gasteiger partial charge in [-0.1, -0.05) is 47.6 Å². The van der Waals surface area contributed by atoms with Crippen LogP contribution < -0.4 is 5.43 Å². The molecule has 4 rings (SSSR count). The summed E-state index contributed by atoms with van der Waals surface area (Å²) in [5, 5.41) is 4.35. The maximum atomic E-state index is 13.3. The van der Waals surface area contributed by atoms with Crippen LogP contribution in [0.25, 0.3) is 17.1 Å². The number of benzene rings is 2. The Labute approximate surface area is 207 Å². The summed E-state index contributed by atoms with van der Waals surface area (Å²) >= 11 is 20.2. The maximum Gasteiger partial charge on any atom is 0.287 e. The molecule has 0 aliphatic carbocycles. The first-order chi connectivity index (χ1) is 15.5. The predicted molar refractivity (Wildman–Crippen MR) is 133 cm³/mol. The van der Waals surface area contributed by atoms with Crippen molar-refractivity contribution in [1.29, 1.82) is 0 Å². The standard InChI is InChI=1S/C23H23Cl3N4OS/c1-32-23-20(22(31)28-29-12-4-2-3-5-13-29)27-21(18-11-8-16(25)14-19(18)26)30(23)17-9-6-15(24)7-10-17/h6-11,14H,2-5,12-13H2,1H3,(H,28,31). The van der Waals surface area contributed by atoms with Crippen LogP contribution >= 0.6 is 46.6 Å². The third-order valence-corrected chi connectivity index (χ3v) is 6.93. The Bertz CT molecular complexity index is 1110. The Hall–Kier alpha value is -1.70. The fraction of sp³-hybridized carbons (Fsp3) is 0.304. The van der Waals surface area contributed by atoms with Crippen LogP contribution in [-0.4, -0.2) is 39.8 Å². The first-order valence-corrected chi connectivity index (χ1v) is 12.8. The van der Waals surface area contributed by atoms with Gasteiger partial charge in [0.05, 0.1) is 5.02 Å². The summed E-state index contributed by atoms with van der Waals surface area (Å²) in [7, 11) is 0. The highest BCUT2D eigenvalue weighted by Gasteiger charge is 2.26. The molecule has 1 saturated heterocycles. The molecule has 1 aromatic heterocycles. The molecule has 1 N–H and O–H groups in total. The molecule has 2 aromatic carbocycles. The van der Waals surface area contributed by atoms with E-state index in [0.717, 1.165) is 36.6 Å². The van der Waals surface area contributed by atoms with Gasteiger partial charge in [0.2, 0.25) is 0 Å². The normalized spacial score (nSPS) is 14.9. The van der Waals surface area contributed by atoms with Crippen molar-refractivity contribution in [3.63, 3.8) is 0 Å². The number of carbonyl (C=O) groups is 1. The van der Waals surface area contributed by atoms with E-state index in [2.05, 4.69) is 5.43 Å². The number of nitrogens with one attached hydrogen (secondary N) is 1. The molecule has 1 amide bonds. The average Bonchev–Trinajstić information content (AvgIpc) is 2.96. The summed E-state index contributed by atoms with van der Waals surface area (Å²) in [6.45, 7) is 1.68. The van der Waals surface area contributed by atoms with Gasteiger partial charge in [-0.05, 0) is 61.6 Å². The minimum Gasteiger partial charge on any atom is -0.286 e. The number of amides is 1. The number of imidazole rings is 1. The molecule has 0 bridgehead atoms. The van der Waals surface area contributed by atoms with Crippen LogP contribution in [0.1, 0.15) is 36.2 Å². The Balaban J connectivity index is 1.82. The molecule has 0 radical (unpaired) electrons. The van der Waals surface area contributed by atoms with Gasteiger partial charge in [0, 0.05) is 34.4 Å². The summed E-state index contributed by atoms with van der Waals surface area (Å²) in [6, 6.07) is 12.7. The lowest BCUT2D eigenvalue weighted by molar-refractivity contribution is 0.0786. The molecular weight excluding hydrogens is 487 g/mol. The van der Waals surface area contributed by atoms with E-state index in [0.29, 0.717) is 32.1 Å². The molecule has 9 heteroatoms. The van der Waals surface area contributed by atoms with Gasteiger partial charge < -0.3 is 0 Å². The van der Waals surface area contributed by atoms with Crippen molar-refractivity contribution in [2.75, 3.05) is 19.3 Å². The zero-order chi connectivity index (χ0) is 22.7. The number of nitrogens with zero attached hydrogens (tertiary/aromatic N) is 3. The predicted octanol–water partition coefficient (Wildman–Crippen LogP) is 6.74.